The van der Waals surface area contributed by atoms with Gasteiger partial charge in [-0.05, 0) is 32.0 Å². The summed E-state index contributed by atoms with van der Waals surface area (Å²) in [6.07, 6.45) is 0. The summed E-state index contributed by atoms with van der Waals surface area (Å²) in [6, 6.07) is 6.28. The van der Waals surface area contributed by atoms with Gasteiger partial charge in [-0.25, -0.2) is 4.79 Å². The van der Waals surface area contributed by atoms with Gasteiger partial charge in [0, 0.05) is 5.56 Å². The van der Waals surface area contributed by atoms with Crippen LogP contribution < -0.4 is 0 Å². The summed E-state index contributed by atoms with van der Waals surface area (Å²) in [7, 11) is 0. The molecule has 0 heterocycles. The molecule has 0 aliphatic heterocycles. The molecule has 0 fully saturated rings. The van der Waals surface area contributed by atoms with E-state index in [9.17, 15) is 9.59 Å². The number of hydrogen-bond acceptors (Lipinski definition) is 4. The quantitative estimate of drug-likeness (QED) is 0.487. The van der Waals surface area contributed by atoms with E-state index >= 15 is 0 Å². The number of nitrogens with zero attached hydrogens (tertiary/aromatic N) is 1. The molecule has 0 bridgehead atoms. The smallest absolute Gasteiger partial charge is 0.338 e. The molecule has 0 amide bonds. The minimum atomic E-state index is -0.557. The molecule has 0 saturated heterocycles. The van der Waals surface area contributed by atoms with Gasteiger partial charge in [0.05, 0.1) is 28.6 Å². The number of rotatable bonds is 4. The average molecular weight is 310 g/mol. The van der Waals surface area contributed by atoms with Crippen LogP contribution >= 0.6 is 15.9 Å². The van der Waals surface area contributed by atoms with Gasteiger partial charge in [-0.2, -0.15) is 5.26 Å². The van der Waals surface area contributed by atoms with E-state index in [1.165, 1.54) is 18.2 Å². The molecule has 5 heteroatoms. The summed E-state index contributed by atoms with van der Waals surface area (Å²) in [6.45, 7) is 3.59. The fourth-order valence-electron chi connectivity index (χ4n) is 1.42. The third-order valence-electron chi connectivity index (χ3n) is 2.27. The highest BCUT2D eigenvalue weighted by Crippen LogP contribution is 2.18. The maximum atomic E-state index is 12.0. The number of benzene rings is 1. The molecule has 0 spiro atoms. The third-order valence-corrected chi connectivity index (χ3v) is 2.69. The lowest BCUT2D eigenvalue weighted by Crippen LogP contribution is -2.17. The van der Waals surface area contributed by atoms with Crippen molar-refractivity contribution in [1.82, 2.24) is 0 Å². The number of carbonyl (C=O) groups is 2. The predicted molar refractivity (Wildman–Crippen MR) is 69.8 cm³/mol. The minimum Gasteiger partial charge on any atom is -0.462 e. The predicted octanol–water partition coefficient (Wildman–Crippen LogP) is 2.70. The first-order valence-corrected chi connectivity index (χ1v) is 6.32. The molecule has 1 rings (SSSR count). The zero-order chi connectivity index (χ0) is 13.7. The van der Waals surface area contributed by atoms with Gasteiger partial charge < -0.3 is 4.74 Å². The highest BCUT2D eigenvalue weighted by Gasteiger charge is 2.21. The van der Waals surface area contributed by atoms with Crippen LogP contribution in [0.2, 0.25) is 0 Å². The number of ketones is 1. The highest BCUT2D eigenvalue weighted by molar-refractivity contribution is 9.10. The zero-order valence-electron chi connectivity index (χ0n) is 10.1. The maximum absolute atomic E-state index is 12.0. The molecule has 1 aromatic carbocycles. The van der Waals surface area contributed by atoms with Crippen LogP contribution in [0.5, 0.6) is 0 Å². The van der Waals surface area contributed by atoms with E-state index in [1.807, 2.05) is 6.07 Å². The monoisotopic (exact) mass is 309 g/mol. The number of Topliss-reactive ketones (excluding diaryl/α,β-unsaturated/α-hetero) is 1. The van der Waals surface area contributed by atoms with Crippen molar-refractivity contribution in [2.24, 2.45) is 0 Å². The summed E-state index contributed by atoms with van der Waals surface area (Å²) in [5, 5.41) is 8.83. The van der Waals surface area contributed by atoms with Gasteiger partial charge in [0.15, 0.2) is 5.78 Å². The first kappa shape index (κ1) is 14.4. The van der Waals surface area contributed by atoms with E-state index < -0.39 is 10.8 Å². The van der Waals surface area contributed by atoms with Gasteiger partial charge in [0.25, 0.3) is 0 Å². The third kappa shape index (κ3) is 3.17. The van der Waals surface area contributed by atoms with Gasteiger partial charge in [-0.15, -0.1) is 0 Å². The van der Waals surface area contributed by atoms with Crippen molar-refractivity contribution in [3.63, 3.8) is 0 Å². The normalized spacial score (nSPS) is 11.4. The van der Waals surface area contributed by atoms with Crippen molar-refractivity contribution in [2.75, 3.05) is 6.61 Å². The van der Waals surface area contributed by atoms with Gasteiger partial charge in [0.2, 0.25) is 0 Å². The lowest BCUT2D eigenvalue weighted by atomic mass is 9.99. The van der Waals surface area contributed by atoms with E-state index in [0.29, 0.717) is 5.56 Å². The number of ether oxygens (including phenoxy) is 1. The molecule has 1 aromatic rings. The molecule has 0 N–H and O–H groups in total. The Bertz CT molecular complexity index is 517. The van der Waals surface area contributed by atoms with Crippen molar-refractivity contribution in [1.29, 1.82) is 5.26 Å². The number of carbonyl (C=O) groups excluding carboxylic acids is 2. The first-order valence-electron chi connectivity index (χ1n) is 5.40. The second kappa shape index (κ2) is 6.31. The van der Waals surface area contributed by atoms with Crippen molar-refractivity contribution < 1.29 is 14.3 Å². The molecule has 0 saturated carbocycles. The van der Waals surface area contributed by atoms with Gasteiger partial charge in [-0.1, -0.05) is 15.9 Å². The van der Waals surface area contributed by atoms with Crippen molar-refractivity contribution in [3.8, 4) is 6.07 Å². The molecule has 1 atom stereocenters. The topological polar surface area (TPSA) is 67.2 Å². The van der Waals surface area contributed by atoms with Crippen LogP contribution in [-0.2, 0) is 4.74 Å². The van der Waals surface area contributed by atoms with E-state index in [1.54, 1.807) is 13.8 Å². The van der Waals surface area contributed by atoms with E-state index in [0.717, 1.165) is 0 Å². The highest BCUT2D eigenvalue weighted by atomic mass is 79.9. The number of nitriles is 1. The molecule has 94 valence electrons. The molecular formula is C13H12BrNO3. The summed E-state index contributed by atoms with van der Waals surface area (Å²) >= 11 is 3.16. The van der Waals surface area contributed by atoms with Crippen LogP contribution in [0.4, 0.5) is 0 Å². The van der Waals surface area contributed by atoms with Gasteiger partial charge >= 0.3 is 5.97 Å². The molecule has 4 nitrogen and oxygen atoms in total. The van der Waals surface area contributed by atoms with Crippen molar-refractivity contribution in [3.05, 3.63) is 34.9 Å². The molecule has 18 heavy (non-hydrogen) atoms. The van der Waals surface area contributed by atoms with Crippen LogP contribution in [-0.4, -0.2) is 23.2 Å². The Balaban J connectivity index is 3.30. The zero-order valence-corrected chi connectivity index (χ0v) is 11.7. The Morgan fingerprint density at radius 3 is 2.61 bits per heavy atom. The number of alkyl halides is 1. The van der Waals surface area contributed by atoms with E-state index in [4.69, 9.17) is 10.00 Å². The first-order chi connectivity index (χ1) is 8.51. The summed E-state index contributed by atoms with van der Waals surface area (Å²) < 4.78 is 4.88. The largest absolute Gasteiger partial charge is 0.462 e. The Labute approximate surface area is 114 Å². The van der Waals surface area contributed by atoms with Crippen LogP contribution in [0.3, 0.4) is 0 Å². The Kier molecular flexibility index (Phi) is 5.05. The number of hydrogen-bond donors (Lipinski definition) is 0. The van der Waals surface area contributed by atoms with Crippen LogP contribution in [0.1, 0.15) is 40.1 Å². The fraction of sp³-hybridized carbons (Fsp3) is 0.308. The summed E-state index contributed by atoms with van der Waals surface area (Å²) in [4.78, 5) is 23.3. The molecule has 0 aliphatic carbocycles. The van der Waals surface area contributed by atoms with Crippen LogP contribution in [0.25, 0.3) is 0 Å². The second-order valence-electron chi connectivity index (χ2n) is 3.57. The fourth-order valence-corrected chi connectivity index (χ4v) is 1.67. The van der Waals surface area contributed by atoms with Gasteiger partial charge in [0.1, 0.15) is 0 Å². The standard InChI is InChI=1S/C13H12BrNO3/c1-3-18-13(17)10-5-4-9(7-15)6-11(10)12(16)8(2)14/h4-6,8H,3H2,1-2H3. The maximum Gasteiger partial charge on any atom is 0.338 e. The van der Waals surface area contributed by atoms with Crippen LogP contribution in [0, 0.1) is 11.3 Å². The summed E-state index contributed by atoms with van der Waals surface area (Å²) in [5.74, 6) is -0.811. The van der Waals surface area contributed by atoms with Crippen molar-refractivity contribution >= 4 is 27.7 Å². The lowest BCUT2D eigenvalue weighted by molar-refractivity contribution is 0.0523. The van der Waals surface area contributed by atoms with Crippen LogP contribution in [0.15, 0.2) is 18.2 Å². The number of esters is 1. The Morgan fingerprint density at radius 1 is 1.44 bits per heavy atom. The SMILES string of the molecule is CCOC(=O)c1ccc(C#N)cc1C(=O)C(C)Br. The molecule has 1 unspecified atom stereocenters. The molecule has 0 aromatic heterocycles. The van der Waals surface area contributed by atoms with E-state index in [-0.39, 0.29) is 23.5 Å². The number of halogens is 1. The average Bonchev–Trinajstić information content (AvgIpc) is 2.37. The van der Waals surface area contributed by atoms with Gasteiger partial charge in [-0.3, -0.25) is 4.79 Å². The lowest BCUT2D eigenvalue weighted by Gasteiger charge is -2.09. The Morgan fingerprint density at radius 2 is 2.11 bits per heavy atom. The van der Waals surface area contributed by atoms with Crippen molar-refractivity contribution in [2.45, 2.75) is 18.7 Å². The molecule has 0 aliphatic rings. The Hall–Kier alpha value is -1.67. The minimum absolute atomic E-state index is 0.187. The van der Waals surface area contributed by atoms with E-state index in [2.05, 4.69) is 15.9 Å². The second-order valence-corrected chi connectivity index (χ2v) is 4.95. The molecule has 0 radical (unpaired) electrons. The molecular weight excluding hydrogens is 298 g/mol. The summed E-state index contributed by atoms with van der Waals surface area (Å²) in [5.41, 5.74) is 0.726.